The maximum absolute atomic E-state index is 12.4. The number of aryl methyl sites for hydroxylation is 2. The molecule has 1 aromatic rings. The zero-order valence-corrected chi connectivity index (χ0v) is 12.4. The van der Waals surface area contributed by atoms with Gasteiger partial charge in [-0.05, 0) is 56.7 Å². The first kappa shape index (κ1) is 15.0. The molecule has 1 aromatic carbocycles. The Morgan fingerprint density at radius 1 is 1.25 bits per heavy atom. The molecule has 2 rings (SSSR count). The van der Waals surface area contributed by atoms with Gasteiger partial charge >= 0.3 is 5.97 Å². The van der Waals surface area contributed by atoms with Gasteiger partial charge in [-0.2, -0.15) is 8.42 Å². The summed E-state index contributed by atoms with van der Waals surface area (Å²) in [6.45, 7) is 3.44. The molecule has 20 heavy (non-hydrogen) atoms. The van der Waals surface area contributed by atoms with Crippen LogP contribution in [0.15, 0.2) is 23.1 Å². The highest BCUT2D eigenvalue weighted by Crippen LogP contribution is 2.36. The van der Waals surface area contributed by atoms with E-state index >= 15 is 0 Å². The van der Waals surface area contributed by atoms with E-state index < -0.39 is 21.7 Å². The second-order valence-electron chi connectivity index (χ2n) is 5.31. The minimum absolute atomic E-state index is 0.0463. The van der Waals surface area contributed by atoms with Crippen LogP contribution in [-0.2, 0) is 19.1 Å². The van der Waals surface area contributed by atoms with Crippen molar-refractivity contribution < 1.29 is 22.5 Å². The minimum atomic E-state index is -4.08. The standard InChI is InChI=1S/C14H18O5S/c1-10-5-6-11(2)12(9-10)20(17,18)19-14(13(15)16)7-3-4-8-14/h5-6,9H,3-4,7-8H2,1-2H3,(H,15,16). The van der Waals surface area contributed by atoms with Gasteiger partial charge in [-0.1, -0.05) is 12.1 Å². The molecule has 5 nitrogen and oxygen atoms in total. The van der Waals surface area contributed by atoms with E-state index in [0.29, 0.717) is 18.4 Å². The van der Waals surface area contributed by atoms with E-state index in [1.54, 1.807) is 26.0 Å². The Bertz CT molecular complexity index is 627. The van der Waals surface area contributed by atoms with Crippen LogP contribution in [-0.4, -0.2) is 25.1 Å². The molecule has 1 aliphatic carbocycles. The molecule has 1 aliphatic rings. The molecule has 1 fully saturated rings. The van der Waals surface area contributed by atoms with Gasteiger partial charge in [-0.25, -0.2) is 8.98 Å². The molecule has 110 valence electrons. The van der Waals surface area contributed by atoms with Gasteiger partial charge in [-0.3, -0.25) is 0 Å². The summed E-state index contributed by atoms with van der Waals surface area (Å²) in [7, 11) is -4.08. The van der Waals surface area contributed by atoms with Crippen molar-refractivity contribution >= 4 is 16.1 Å². The molecule has 1 saturated carbocycles. The summed E-state index contributed by atoms with van der Waals surface area (Å²) in [6, 6.07) is 5.00. The largest absolute Gasteiger partial charge is 0.479 e. The van der Waals surface area contributed by atoms with Crippen LogP contribution in [0.5, 0.6) is 0 Å². The molecule has 0 atom stereocenters. The average molecular weight is 298 g/mol. The molecule has 0 aliphatic heterocycles. The van der Waals surface area contributed by atoms with Gasteiger partial charge in [0.2, 0.25) is 0 Å². The predicted octanol–water partition coefficient (Wildman–Crippen LogP) is 2.41. The van der Waals surface area contributed by atoms with Crippen molar-refractivity contribution in [2.45, 2.75) is 50.0 Å². The Morgan fingerprint density at radius 3 is 2.40 bits per heavy atom. The van der Waals surface area contributed by atoms with Crippen molar-refractivity contribution in [3.8, 4) is 0 Å². The van der Waals surface area contributed by atoms with Crippen molar-refractivity contribution in [1.82, 2.24) is 0 Å². The minimum Gasteiger partial charge on any atom is -0.479 e. The Kier molecular flexibility index (Phi) is 3.88. The SMILES string of the molecule is Cc1ccc(C)c(S(=O)(=O)OC2(C(=O)O)CCCC2)c1. The van der Waals surface area contributed by atoms with E-state index in [1.165, 1.54) is 6.07 Å². The summed E-state index contributed by atoms with van der Waals surface area (Å²) in [6.07, 6.45) is 1.78. The van der Waals surface area contributed by atoms with Crippen LogP contribution in [0.2, 0.25) is 0 Å². The molecule has 0 spiro atoms. The van der Waals surface area contributed by atoms with Gasteiger partial charge in [0, 0.05) is 0 Å². The molecular weight excluding hydrogens is 280 g/mol. The van der Waals surface area contributed by atoms with Gasteiger partial charge in [0.05, 0.1) is 4.90 Å². The number of benzene rings is 1. The van der Waals surface area contributed by atoms with Crippen molar-refractivity contribution in [2.24, 2.45) is 0 Å². The molecule has 6 heteroatoms. The molecular formula is C14H18O5S. The molecule has 0 heterocycles. The van der Waals surface area contributed by atoms with Gasteiger partial charge in [0.15, 0.2) is 5.60 Å². The lowest BCUT2D eigenvalue weighted by Gasteiger charge is -2.24. The lowest BCUT2D eigenvalue weighted by atomic mass is 10.0. The Hall–Kier alpha value is -1.40. The number of carboxylic acid groups (broad SMARTS) is 1. The van der Waals surface area contributed by atoms with Gasteiger partial charge in [-0.15, -0.1) is 0 Å². The second-order valence-corrected chi connectivity index (χ2v) is 6.83. The Balaban J connectivity index is 2.40. The van der Waals surface area contributed by atoms with Crippen molar-refractivity contribution in [2.75, 3.05) is 0 Å². The third-order valence-corrected chi connectivity index (χ3v) is 5.20. The Morgan fingerprint density at radius 2 is 1.85 bits per heavy atom. The molecule has 0 saturated heterocycles. The van der Waals surface area contributed by atoms with Gasteiger partial charge in [0.1, 0.15) is 0 Å². The van der Waals surface area contributed by atoms with Crippen molar-refractivity contribution in [3.05, 3.63) is 29.3 Å². The van der Waals surface area contributed by atoms with Crippen molar-refractivity contribution in [3.63, 3.8) is 0 Å². The van der Waals surface area contributed by atoms with Crippen molar-refractivity contribution in [1.29, 1.82) is 0 Å². The summed E-state index contributed by atoms with van der Waals surface area (Å²) in [5.74, 6) is -1.20. The summed E-state index contributed by atoms with van der Waals surface area (Å²) in [5, 5.41) is 9.31. The lowest BCUT2D eigenvalue weighted by Crippen LogP contribution is -2.40. The number of hydrogen-bond acceptors (Lipinski definition) is 4. The molecule has 0 radical (unpaired) electrons. The monoisotopic (exact) mass is 298 g/mol. The molecule has 0 aromatic heterocycles. The van der Waals surface area contributed by atoms with Gasteiger partial charge < -0.3 is 5.11 Å². The number of carbonyl (C=O) groups is 1. The van der Waals surface area contributed by atoms with E-state index in [-0.39, 0.29) is 17.7 Å². The average Bonchev–Trinajstić information content (AvgIpc) is 2.81. The molecule has 1 N–H and O–H groups in total. The molecule has 0 unspecified atom stereocenters. The first-order chi connectivity index (χ1) is 9.27. The maximum Gasteiger partial charge on any atom is 0.337 e. The molecule has 0 bridgehead atoms. The zero-order valence-electron chi connectivity index (χ0n) is 11.5. The predicted molar refractivity (Wildman–Crippen MR) is 73.0 cm³/mol. The smallest absolute Gasteiger partial charge is 0.337 e. The summed E-state index contributed by atoms with van der Waals surface area (Å²) < 4.78 is 29.9. The van der Waals surface area contributed by atoms with Crippen LogP contribution in [0.25, 0.3) is 0 Å². The number of hydrogen-bond donors (Lipinski definition) is 1. The fourth-order valence-corrected chi connectivity index (χ4v) is 4.05. The highest BCUT2D eigenvalue weighted by atomic mass is 32.2. The Labute approximate surface area is 118 Å². The van der Waals surface area contributed by atoms with Crippen LogP contribution in [0, 0.1) is 13.8 Å². The zero-order chi connectivity index (χ0) is 15.0. The highest BCUT2D eigenvalue weighted by Gasteiger charge is 2.47. The number of rotatable bonds is 4. The van der Waals surface area contributed by atoms with E-state index in [0.717, 1.165) is 5.56 Å². The highest BCUT2D eigenvalue weighted by molar-refractivity contribution is 7.86. The summed E-state index contributed by atoms with van der Waals surface area (Å²) >= 11 is 0. The first-order valence-corrected chi connectivity index (χ1v) is 7.94. The van der Waals surface area contributed by atoms with Crippen LogP contribution in [0.3, 0.4) is 0 Å². The third-order valence-electron chi connectivity index (χ3n) is 3.68. The fourth-order valence-electron chi connectivity index (χ4n) is 2.51. The first-order valence-electron chi connectivity index (χ1n) is 6.53. The second kappa shape index (κ2) is 5.18. The van der Waals surface area contributed by atoms with Gasteiger partial charge in [0.25, 0.3) is 10.1 Å². The summed E-state index contributed by atoms with van der Waals surface area (Å²) in [5.41, 5.74) is -0.266. The number of aliphatic carboxylic acids is 1. The topological polar surface area (TPSA) is 80.7 Å². The normalized spacial score (nSPS) is 18.1. The fraction of sp³-hybridized carbons (Fsp3) is 0.500. The van der Waals surface area contributed by atoms with Crippen LogP contribution >= 0.6 is 0 Å². The van der Waals surface area contributed by atoms with E-state index in [4.69, 9.17) is 4.18 Å². The lowest BCUT2D eigenvalue weighted by molar-refractivity contribution is -0.154. The third kappa shape index (κ3) is 2.71. The maximum atomic E-state index is 12.4. The van der Waals surface area contributed by atoms with Crippen LogP contribution in [0.1, 0.15) is 36.8 Å². The van der Waals surface area contributed by atoms with E-state index in [2.05, 4.69) is 0 Å². The quantitative estimate of drug-likeness (QED) is 0.863. The number of carboxylic acids is 1. The van der Waals surface area contributed by atoms with Crippen LogP contribution in [0.4, 0.5) is 0 Å². The van der Waals surface area contributed by atoms with Crippen LogP contribution < -0.4 is 0 Å². The molecule has 0 amide bonds. The summed E-state index contributed by atoms with van der Waals surface area (Å²) in [4.78, 5) is 11.4. The van der Waals surface area contributed by atoms with E-state index in [1.807, 2.05) is 0 Å². The van der Waals surface area contributed by atoms with E-state index in [9.17, 15) is 18.3 Å².